The number of hydrogen-bond donors (Lipinski definition) is 0. The molecule has 7 heteroatoms. The quantitative estimate of drug-likeness (QED) is 0.399. The lowest BCUT2D eigenvalue weighted by atomic mass is 10.0. The standard InChI is InChI=1S/C25H20Cl2N4O/c26-18-4-1-5-20(13-18)30-9-11-31(12-10-30)25(32)22-15-24(17-3-2-8-28-16-17)29-23-7-6-19(27)14-21(22)23/h1-8,13-16H,9-12H2. The highest BCUT2D eigenvalue weighted by Crippen LogP contribution is 2.28. The normalized spacial score (nSPS) is 14.1. The molecule has 0 saturated carbocycles. The van der Waals surface area contributed by atoms with E-state index in [4.69, 9.17) is 28.2 Å². The van der Waals surface area contributed by atoms with Crippen LogP contribution in [0.2, 0.25) is 10.0 Å². The molecule has 1 aliphatic heterocycles. The van der Waals surface area contributed by atoms with Crippen molar-refractivity contribution in [2.24, 2.45) is 0 Å². The van der Waals surface area contributed by atoms with Crippen molar-refractivity contribution in [1.82, 2.24) is 14.9 Å². The van der Waals surface area contributed by atoms with Gasteiger partial charge in [0.25, 0.3) is 5.91 Å². The zero-order valence-corrected chi connectivity index (χ0v) is 18.7. The summed E-state index contributed by atoms with van der Waals surface area (Å²) >= 11 is 12.4. The molecule has 2 aromatic carbocycles. The SMILES string of the molecule is O=C(c1cc(-c2cccnc2)nc2ccc(Cl)cc12)N1CCN(c2cccc(Cl)c2)CC1. The van der Waals surface area contributed by atoms with E-state index in [0.717, 1.165) is 35.2 Å². The lowest BCUT2D eigenvalue weighted by Crippen LogP contribution is -2.48. The molecule has 3 heterocycles. The molecule has 2 aromatic heterocycles. The van der Waals surface area contributed by atoms with E-state index in [1.165, 1.54) is 0 Å². The van der Waals surface area contributed by atoms with Gasteiger partial charge in [0.1, 0.15) is 0 Å². The Morgan fingerprint density at radius 3 is 2.44 bits per heavy atom. The Hall–Kier alpha value is -3.15. The van der Waals surface area contributed by atoms with Crippen LogP contribution in [0.1, 0.15) is 10.4 Å². The van der Waals surface area contributed by atoms with Crippen molar-refractivity contribution in [3.05, 3.63) is 88.7 Å². The molecule has 0 aliphatic carbocycles. The fraction of sp³-hybridized carbons (Fsp3) is 0.160. The van der Waals surface area contributed by atoms with Crippen molar-refractivity contribution in [1.29, 1.82) is 0 Å². The Balaban J connectivity index is 1.46. The van der Waals surface area contributed by atoms with Gasteiger partial charge < -0.3 is 9.80 Å². The van der Waals surface area contributed by atoms with Crippen LogP contribution in [0.5, 0.6) is 0 Å². The third-order valence-electron chi connectivity index (χ3n) is 5.70. The average Bonchev–Trinajstić information content (AvgIpc) is 2.83. The zero-order chi connectivity index (χ0) is 22.1. The van der Waals surface area contributed by atoms with Crippen LogP contribution in [-0.4, -0.2) is 47.0 Å². The summed E-state index contributed by atoms with van der Waals surface area (Å²) in [6.07, 6.45) is 3.47. The summed E-state index contributed by atoms with van der Waals surface area (Å²) in [7, 11) is 0. The summed E-state index contributed by atoms with van der Waals surface area (Å²) < 4.78 is 0. The largest absolute Gasteiger partial charge is 0.368 e. The van der Waals surface area contributed by atoms with Crippen molar-refractivity contribution in [3.8, 4) is 11.3 Å². The molecule has 0 atom stereocenters. The molecule has 0 radical (unpaired) electrons. The first-order valence-electron chi connectivity index (χ1n) is 10.4. The number of carbonyl (C=O) groups excluding carboxylic acids is 1. The smallest absolute Gasteiger partial charge is 0.254 e. The molecule has 1 aliphatic rings. The molecular weight excluding hydrogens is 443 g/mol. The number of hydrogen-bond acceptors (Lipinski definition) is 4. The lowest BCUT2D eigenvalue weighted by molar-refractivity contribution is 0.0748. The van der Waals surface area contributed by atoms with Crippen LogP contribution < -0.4 is 4.90 Å². The summed E-state index contributed by atoms with van der Waals surface area (Å²) in [6.45, 7) is 2.73. The first-order chi connectivity index (χ1) is 15.6. The molecule has 5 rings (SSSR count). The van der Waals surface area contributed by atoms with Gasteiger partial charge in [0, 0.05) is 65.3 Å². The highest BCUT2D eigenvalue weighted by Gasteiger charge is 2.25. The number of pyridine rings is 2. The van der Waals surface area contributed by atoms with Crippen molar-refractivity contribution >= 4 is 45.7 Å². The maximum atomic E-state index is 13.6. The van der Waals surface area contributed by atoms with Crippen LogP contribution in [0.3, 0.4) is 0 Å². The molecule has 4 aromatic rings. The molecule has 0 bridgehead atoms. The van der Waals surface area contributed by atoms with Crippen LogP contribution in [0, 0.1) is 0 Å². The molecule has 0 unspecified atom stereocenters. The van der Waals surface area contributed by atoms with E-state index >= 15 is 0 Å². The molecular formula is C25H20Cl2N4O. The Labute approximate surface area is 196 Å². The van der Waals surface area contributed by atoms with Crippen LogP contribution in [0.4, 0.5) is 5.69 Å². The van der Waals surface area contributed by atoms with Crippen LogP contribution >= 0.6 is 23.2 Å². The number of anilines is 1. The third-order valence-corrected chi connectivity index (χ3v) is 6.17. The summed E-state index contributed by atoms with van der Waals surface area (Å²) in [5, 5.41) is 2.05. The van der Waals surface area contributed by atoms with Gasteiger partial charge in [-0.05, 0) is 54.6 Å². The molecule has 5 nitrogen and oxygen atoms in total. The Morgan fingerprint density at radius 1 is 0.875 bits per heavy atom. The van der Waals surface area contributed by atoms with Gasteiger partial charge in [-0.15, -0.1) is 0 Å². The Kier molecular flexibility index (Phi) is 5.68. The molecule has 1 fully saturated rings. The lowest BCUT2D eigenvalue weighted by Gasteiger charge is -2.36. The molecule has 0 N–H and O–H groups in total. The van der Waals surface area contributed by atoms with Gasteiger partial charge >= 0.3 is 0 Å². The number of benzene rings is 2. The first-order valence-corrected chi connectivity index (χ1v) is 11.1. The molecule has 160 valence electrons. The second kappa shape index (κ2) is 8.77. The van der Waals surface area contributed by atoms with Crippen molar-refractivity contribution in [2.45, 2.75) is 0 Å². The minimum Gasteiger partial charge on any atom is -0.368 e. The number of amides is 1. The predicted molar refractivity (Wildman–Crippen MR) is 130 cm³/mol. The Bertz CT molecular complexity index is 1290. The van der Waals surface area contributed by atoms with Crippen LogP contribution in [-0.2, 0) is 0 Å². The summed E-state index contributed by atoms with van der Waals surface area (Å²) in [6, 6.07) is 18.9. The molecule has 1 amide bonds. The van der Waals surface area contributed by atoms with E-state index < -0.39 is 0 Å². The summed E-state index contributed by atoms with van der Waals surface area (Å²) in [4.78, 5) is 26.7. The summed E-state index contributed by atoms with van der Waals surface area (Å²) in [5.74, 6) is -0.0180. The van der Waals surface area contributed by atoms with E-state index in [9.17, 15) is 4.79 Å². The van der Waals surface area contributed by atoms with Gasteiger partial charge in [0.15, 0.2) is 0 Å². The second-order valence-electron chi connectivity index (χ2n) is 7.72. The van der Waals surface area contributed by atoms with Crippen molar-refractivity contribution in [2.75, 3.05) is 31.1 Å². The number of piperazine rings is 1. The highest BCUT2D eigenvalue weighted by atomic mass is 35.5. The van der Waals surface area contributed by atoms with E-state index in [1.807, 2.05) is 59.5 Å². The average molecular weight is 463 g/mol. The van der Waals surface area contributed by atoms with Crippen molar-refractivity contribution < 1.29 is 4.79 Å². The van der Waals surface area contributed by atoms with Gasteiger partial charge in [-0.2, -0.15) is 0 Å². The molecule has 1 saturated heterocycles. The van der Waals surface area contributed by atoms with E-state index in [1.54, 1.807) is 18.5 Å². The van der Waals surface area contributed by atoms with Gasteiger partial charge in [0.05, 0.1) is 16.8 Å². The predicted octanol–water partition coefficient (Wildman–Crippen LogP) is 5.57. The number of halogens is 2. The van der Waals surface area contributed by atoms with E-state index in [0.29, 0.717) is 34.4 Å². The number of fused-ring (bicyclic) bond motifs is 1. The van der Waals surface area contributed by atoms with Crippen LogP contribution in [0.15, 0.2) is 73.1 Å². The van der Waals surface area contributed by atoms with Gasteiger partial charge in [0.2, 0.25) is 0 Å². The third kappa shape index (κ3) is 4.14. The van der Waals surface area contributed by atoms with Crippen LogP contribution in [0.25, 0.3) is 22.2 Å². The molecule has 0 spiro atoms. The first kappa shape index (κ1) is 20.7. The maximum absolute atomic E-state index is 13.6. The highest BCUT2D eigenvalue weighted by molar-refractivity contribution is 6.31. The minimum atomic E-state index is -0.0180. The van der Waals surface area contributed by atoms with E-state index in [2.05, 4.69) is 9.88 Å². The van der Waals surface area contributed by atoms with Gasteiger partial charge in [-0.3, -0.25) is 9.78 Å². The monoisotopic (exact) mass is 462 g/mol. The molecule has 32 heavy (non-hydrogen) atoms. The minimum absolute atomic E-state index is 0.0180. The fourth-order valence-corrected chi connectivity index (χ4v) is 4.40. The topological polar surface area (TPSA) is 49.3 Å². The fourth-order valence-electron chi connectivity index (χ4n) is 4.05. The number of aromatic nitrogens is 2. The summed E-state index contributed by atoms with van der Waals surface area (Å²) in [5.41, 5.74) is 3.99. The van der Waals surface area contributed by atoms with Gasteiger partial charge in [-0.25, -0.2) is 4.98 Å². The number of nitrogens with zero attached hydrogens (tertiary/aromatic N) is 4. The van der Waals surface area contributed by atoms with Crippen molar-refractivity contribution in [3.63, 3.8) is 0 Å². The van der Waals surface area contributed by atoms with Gasteiger partial charge in [-0.1, -0.05) is 29.3 Å². The second-order valence-corrected chi connectivity index (χ2v) is 8.59. The Morgan fingerprint density at radius 2 is 1.69 bits per heavy atom. The maximum Gasteiger partial charge on any atom is 0.254 e. The zero-order valence-electron chi connectivity index (χ0n) is 17.2. The van der Waals surface area contributed by atoms with E-state index in [-0.39, 0.29) is 5.91 Å². The number of carbonyl (C=O) groups is 1. The number of rotatable bonds is 3.